The molecule has 1 nitrogen and oxygen atoms in total. The van der Waals surface area contributed by atoms with Crippen LogP contribution in [0.5, 0.6) is 5.75 Å². The minimum atomic E-state index is -0.255. The molecule has 9 heavy (non-hydrogen) atoms. The molecule has 46 valence electrons. The summed E-state index contributed by atoms with van der Waals surface area (Å²) >= 11 is 5.73. The Balaban J connectivity index is 2.59. The third-order valence-electron chi connectivity index (χ3n) is 1.38. The van der Waals surface area contributed by atoms with Gasteiger partial charge in [-0.1, -0.05) is 23.7 Å². The summed E-state index contributed by atoms with van der Waals surface area (Å²) in [6, 6.07) is 7.76. The maximum Gasteiger partial charge on any atom is 0.197 e. The molecule has 1 aromatic carbocycles. The fourth-order valence-electron chi connectivity index (χ4n) is 0.885. The van der Waals surface area contributed by atoms with E-state index < -0.39 is 0 Å². The summed E-state index contributed by atoms with van der Waals surface area (Å²) in [5, 5.41) is 0. The Morgan fingerprint density at radius 2 is 1.89 bits per heavy atom. The first kappa shape index (κ1) is 5.12. The second-order valence-corrected chi connectivity index (χ2v) is 2.40. The molecule has 1 aromatic rings. The van der Waals surface area contributed by atoms with Gasteiger partial charge in [0.1, 0.15) is 5.75 Å². The summed E-state index contributed by atoms with van der Waals surface area (Å²) in [4.78, 5) is 0. The van der Waals surface area contributed by atoms with Crippen LogP contribution in [-0.2, 0) is 0 Å². The van der Waals surface area contributed by atoms with Crippen molar-refractivity contribution in [1.82, 2.24) is 0 Å². The van der Waals surface area contributed by atoms with Crippen LogP contribution in [0.3, 0.4) is 0 Å². The highest BCUT2D eigenvalue weighted by molar-refractivity contribution is 6.20. The van der Waals surface area contributed by atoms with Gasteiger partial charge in [0.2, 0.25) is 0 Å². The minimum absolute atomic E-state index is 0.255. The van der Waals surface area contributed by atoms with Gasteiger partial charge in [0.05, 0.1) is 0 Å². The predicted molar refractivity (Wildman–Crippen MR) is 35.7 cm³/mol. The molecule has 0 aliphatic carbocycles. The molecule has 2 heterocycles. The smallest absolute Gasteiger partial charge is 0.197 e. The lowest BCUT2D eigenvalue weighted by molar-refractivity contribution is 0.277. The van der Waals surface area contributed by atoms with Crippen molar-refractivity contribution in [1.29, 1.82) is 0 Å². The topological polar surface area (TPSA) is 9.23 Å². The fraction of sp³-hybridized carbons (Fsp3) is 0.143. The number of hydrogen-bond donors (Lipinski definition) is 0. The fourth-order valence-corrected chi connectivity index (χ4v) is 1.13. The first-order valence-electron chi connectivity index (χ1n) is 2.77. The van der Waals surface area contributed by atoms with Gasteiger partial charge in [-0.3, -0.25) is 0 Å². The average Bonchev–Trinajstić information content (AvgIpc) is 1.90. The van der Waals surface area contributed by atoms with E-state index in [9.17, 15) is 0 Å². The lowest BCUT2D eigenvalue weighted by Crippen LogP contribution is -2.04. The van der Waals surface area contributed by atoms with Crippen molar-refractivity contribution in [2.45, 2.75) is 5.56 Å². The van der Waals surface area contributed by atoms with Gasteiger partial charge in [0.25, 0.3) is 0 Å². The molecule has 2 aliphatic rings. The highest BCUT2D eigenvalue weighted by atomic mass is 35.5. The third-order valence-corrected chi connectivity index (χ3v) is 1.72. The molecular weight excluding hydrogens is 136 g/mol. The number of benzene rings is 1. The second kappa shape index (κ2) is 1.64. The Bertz CT molecular complexity index is 217. The van der Waals surface area contributed by atoms with Crippen molar-refractivity contribution >= 4 is 11.6 Å². The van der Waals surface area contributed by atoms with Gasteiger partial charge in [-0.25, -0.2) is 0 Å². The van der Waals surface area contributed by atoms with Gasteiger partial charge >= 0.3 is 0 Å². The maximum absolute atomic E-state index is 5.73. The monoisotopic (exact) mass is 140 g/mol. The summed E-state index contributed by atoms with van der Waals surface area (Å²) in [7, 11) is 0. The number of ether oxygens (including phenoxy) is 1. The molecule has 0 saturated carbocycles. The molecule has 0 aromatic heterocycles. The molecule has 2 bridgehead atoms. The van der Waals surface area contributed by atoms with Crippen LogP contribution in [0.15, 0.2) is 24.3 Å². The zero-order chi connectivity index (χ0) is 6.27. The van der Waals surface area contributed by atoms with Crippen LogP contribution < -0.4 is 4.74 Å². The van der Waals surface area contributed by atoms with Gasteiger partial charge in [-0.2, -0.15) is 0 Å². The van der Waals surface area contributed by atoms with E-state index in [4.69, 9.17) is 16.3 Å². The van der Waals surface area contributed by atoms with E-state index in [-0.39, 0.29) is 5.56 Å². The molecule has 3 rings (SSSR count). The van der Waals surface area contributed by atoms with E-state index in [1.54, 1.807) is 0 Å². The Kier molecular flexibility index (Phi) is 0.935. The quantitative estimate of drug-likeness (QED) is 0.503. The van der Waals surface area contributed by atoms with Gasteiger partial charge in [0, 0.05) is 5.56 Å². The Labute approximate surface area is 58.2 Å². The normalized spacial score (nSPS) is 21.7. The van der Waals surface area contributed by atoms with Gasteiger partial charge in [-0.05, 0) is 12.1 Å². The van der Waals surface area contributed by atoms with Crippen molar-refractivity contribution in [3.05, 3.63) is 29.8 Å². The molecule has 0 radical (unpaired) electrons. The minimum Gasteiger partial charge on any atom is -0.470 e. The molecule has 1 atom stereocenters. The largest absolute Gasteiger partial charge is 0.470 e. The molecular formula is C7H5ClO. The lowest BCUT2D eigenvalue weighted by Gasteiger charge is -2.18. The first-order valence-corrected chi connectivity index (χ1v) is 3.20. The Hall–Kier alpha value is -0.690. The van der Waals surface area contributed by atoms with Crippen LogP contribution in [-0.4, -0.2) is 0 Å². The maximum atomic E-state index is 5.73. The van der Waals surface area contributed by atoms with Gasteiger partial charge in [0.15, 0.2) is 5.56 Å². The SMILES string of the molecule is ClC1Oc2ccc1cc2. The van der Waals surface area contributed by atoms with Crippen molar-refractivity contribution < 1.29 is 4.74 Å². The van der Waals surface area contributed by atoms with Gasteiger partial charge in [-0.15, -0.1) is 0 Å². The van der Waals surface area contributed by atoms with Crippen LogP contribution in [0.1, 0.15) is 11.1 Å². The van der Waals surface area contributed by atoms with E-state index >= 15 is 0 Å². The summed E-state index contributed by atoms with van der Waals surface area (Å²) in [5.74, 6) is 0.852. The van der Waals surface area contributed by atoms with Crippen molar-refractivity contribution in [3.8, 4) is 5.75 Å². The highest BCUT2D eigenvalue weighted by Gasteiger charge is 2.14. The number of hydrogen-bond acceptors (Lipinski definition) is 1. The Morgan fingerprint density at radius 1 is 1.22 bits per heavy atom. The molecule has 0 N–H and O–H groups in total. The first-order chi connectivity index (χ1) is 4.36. The zero-order valence-corrected chi connectivity index (χ0v) is 5.43. The number of alkyl halides is 1. The van der Waals surface area contributed by atoms with Crippen molar-refractivity contribution in [2.24, 2.45) is 0 Å². The molecule has 0 saturated heterocycles. The molecule has 0 amide bonds. The molecule has 0 fully saturated rings. The summed E-state index contributed by atoms with van der Waals surface area (Å²) in [6.45, 7) is 0. The summed E-state index contributed by atoms with van der Waals surface area (Å²) in [5.41, 5.74) is 0.779. The molecule has 1 unspecified atom stereocenters. The lowest BCUT2D eigenvalue weighted by atomic mass is 10.2. The summed E-state index contributed by atoms with van der Waals surface area (Å²) < 4.78 is 5.16. The van der Waals surface area contributed by atoms with E-state index in [0.717, 1.165) is 11.3 Å². The van der Waals surface area contributed by atoms with Crippen LogP contribution in [0.25, 0.3) is 0 Å². The van der Waals surface area contributed by atoms with Crippen molar-refractivity contribution in [2.75, 3.05) is 0 Å². The average molecular weight is 141 g/mol. The molecule has 0 spiro atoms. The van der Waals surface area contributed by atoms with Gasteiger partial charge < -0.3 is 4.74 Å². The standard InChI is InChI=1S/C7H5ClO/c8-7-5-1-3-6(9-7)4-2-5/h1-4,7H. The van der Waals surface area contributed by atoms with Crippen LogP contribution in [0.4, 0.5) is 0 Å². The van der Waals surface area contributed by atoms with E-state index in [1.165, 1.54) is 0 Å². The van der Waals surface area contributed by atoms with Crippen LogP contribution in [0, 0.1) is 0 Å². The number of fused-ring (bicyclic) bond motifs is 3. The molecule has 2 aliphatic heterocycles. The predicted octanol–water partition coefficient (Wildman–Crippen LogP) is 2.32. The second-order valence-electron chi connectivity index (χ2n) is 2.00. The highest BCUT2D eigenvalue weighted by Crippen LogP contribution is 2.31. The van der Waals surface area contributed by atoms with E-state index in [0.29, 0.717) is 0 Å². The van der Waals surface area contributed by atoms with Crippen LogP contribution >= 0.6 is 11.6 Å². The molecule has 2 heteroatoms. The number of halogens is 1. The van der Waals surface area contributed by atoms with Crippen molar-refractivity contribution in [3.63, 3.8) is 0 Å². The Morgan fingerprint density at radius 3 is 2.11 bits per heavy atom. The third kappa shape index (κ3) is 0.688. The van der Waals surface area contributed by atoms with E-state index in [1.807, 2.05) is 24.3 Å². The number of rotatable bonds is 0. The van der Waals surface area contributed by atoms with E-state index in [2.05, 4.69) is 0 Å². The summed E-state index contributed by atoms with van der Waals surface area (Å²) in [6.07, 6.45) is 0. The zero-order valence-electron chi connectivity index (χ0n) is 4.67. The van der Waals surface area contributed by atoms with Crippen LogP contribution in [0.2, 0.25) is 0 Å².